The van der Waals surface area contributed by atoms with Crippen LogP contribution in [0.15, 0.2) is 90.4 Å². The number of nitrogens with zero attached hydrogens (tertiary/aromatic N) is 5. The summed E-state index contributed by atoms with van der Waals surface area (Å²) in [5.41, 5.74) is 11.1. The highest BCUT2D eigenvalue weighted by atomic mass is 32.1. The molecule has 1 aliphatic rings. The highest BCUT2D eigenvalue weighted by molar-refractivity contribution is 7.80. The molecule has 0 radical (unpaired) electrons. The number of hydrogen-bond donors (Lipinski definition) is 1. The van der Waals surface area contributed by atoms with Gasteiger partial charge in [-0.25, -0.2) is 14.1 Å². The standard InChI is InChI=1S/C24H19FN6S/c25-18-10-8-16(9-11-18)23-20(15-30(29-23)19-6-2-1-3-7-19)22-13-21(28-31(22)24(26)32)17-5-4-12-27-14-17/h1-12,14-15,22H,13H2,(H2,26,32). The molecule has 1 unspecified atom stereocenters. The van der Waals surface area contributed by atoms with Gasteiger partial charge in [0, 0.05) is 41.7 Å². The smallest absolute Gasteiger partial charge is 0.187 e. The molecule has 0 fully saturated rings. The number of benzene rings is 2. The van der Waals surface area contributed by atoms with E-state index in [1.54, 1.807) is 29.5 Å². The van der Waals surface area contributed by atoms with E-state index in [4.69, 9.17) is 28.2 Å². The van der Waals surface area contributed by atoms with Crippen LogP contribution in [-0.4, -0.2) is 30.6 Å². The van der Waals surface area contributed by atoms with Crippen LogP contribution >= 0.6 is 12.2 Å². The van der Waals surface area contributed by atoms with E-state index in [-0.39, 0.29) is 17.0 Å². The van der Waals surface area contributed by atoms with Crippen LogP contribution in [0.5, 0.6) is 0 Å². The van der Waals surface area contributed by atoms with Crippen LogP contribution in [0.2, 0.25) is 0 Å². The largest absolute Gasteiger partial charge is 0.375 e. The van der Waals surface area contributed by atoms with Crippen molar-refractivity contribution >= 4 is 23.0 Å². The Labute approximate surface area is 189 Å². The van der Waals surface area contributed by atoms with E-state index in [0.29, 0.717) is 6.42 Å². The molecule has 2 aromatic heterocycles. The van der Waals surface area contributed by atoms with E-state index >= 15 is 0 Å². The van der Waals surface area contributed by atoms with Gasteiger partial charge in [0.2, 0.25) is 0 Å². The summed E-state index contributed by atoms with van der Waals surface area (Å²) in [6.45, 7) is 0. The third-order valence-corrected chi connectivity index (χ3v) is 5.56. The molecule has 0 amide bonds. The normalized spacial score (nSPS) is 15.6. The maximum Gasteiger partial charge on any atom is 0.187 e. The summed E-state index contributed by atoms with van der Waals surface area (Å²) in [5, 5.41) is 11.4. The van der Waals surface area contributed by atoms with Crippen molar-refractivity contribution in [2.45, 2.75) is 12.5 Å². The van der Waals surface area contributed by atoms with Crippen LogP contribution in [-0.2, 0) is 0 Å². The summed E-state index contributed by atoms with van der Waals surface area (Å²) in [7, 11) is 0. The van der Waals surface area contributed by atoms with E-state index in [9.17, 15) is 4.39 Å². The first kappa shape index (κ1) is 20.0. The van der Waals surface area contributed by atoms with Gasteiger partial charge in [-0.2, -0.15) is 10.2 Å². The fraction of sp³-hybridized carbons (Fsp3) is 0.0833. The Balaban J connectivity index is 1.62. The number of para-hydroxylation sites is 1. The molecule has 2 aromatic carbocycles. The summed E-state index contributed by atoms with van der Waals surface area (Å²) in [4.78, 5) is 4.20. The van der Waals surface area contributed by atoms with Crippen LogP contribution in [0.25, 0.3) is 16.9 Å². The molecule has 6 nitrogen and oxygen atoms in total. The molecule has 5 rings (SSSR count). The van der Waals surface area contributed by atoms with Crippen molar-refractivity contribution in [2.75, 3.05) is 0 Å². The minimum atomic E-state index is -0.300. The maximum absolute atomic E-state index is 13.6. The Morgan fingerprint density at radius 3 is 2.47 bits per heavy atom. The minimum Gasteiger partial charge on any atom is -0.375 e. The van der Waals surface area contributed by atoms with Crippen molar-refractivity contribution in [3.05, 3.63) is 102 Å². The summed E-state index contributed by atoms with van der Waals surface area (Å²) >= 11 is 5.32. The molecule has 1 atom stereocenters. The van der Waals surface area contributed by atoms with E-state index in [2.05, 4.69) is 4.98 Å². The molecule has 8 heteroatoms. The van der Waals surface area contributed by atoms with Gasteiger partial charge in [0.1, 0.15) is 5.82 Å². The number of nitrogens with two attached hydrogens (primary N) is 1. The fourth-order valence-corrected chi connectivity index (χ4v) is 4.01. The Kier molecular flexibility index (Phi) is 5.20. The van der Waals surface area contributed by atoms with E-state index in [1.165, 1.54) is 12.1 Å². The number of thiocarbonyl (C=S) groups is 1. The first-order valence-electron chi connectivity index (χ1n) is 10.1. The minimum absolute atomic E-state index is 0.173. The van der Waals surface area contributed by atoms with Crippen molar-refractivity contribution in [1.82, 2.24) is 19.8 Å². The third-order valence-electron chi connectivity index (χ3n) is 5.37. The molecule has 0 saturated carbocycles. The van der Waals surface area contributed by atoms with Gasteiger partial charge < -0.3 is 5.73 Å². The topological polar surface area (TPSA) is 72.3 Å². The van der Waals surface area contributed by atoms with E-state index < -0.39 is 0 Å². The lowest BCUT2D eigenvalue weighted by molar-refractivity contribution is 0.373. The predicted molar refractivity (Wildman–Crippen MR) is 126 cm³/mol. The summed E-state index contributed by atoms with van der Waals surface area (Å²) in [6.07, 6.45) is 6.04. The number of hydrazone groups is 1. The van der Waals surface area contributed by atoms with Gasteiger partial charge in [-0.15, -0.1) is 0 Å². The van der Waals surface area contributed by atoms with Gasteiger partial charge in [-0.05, 0) is 54.7 Å². The lowest BCUT2D eigenvalue weighted by Crippen LogP contribution is -2.31. The number of aromatic nitrogens is 3. The molecule has 2 N–H and O–H groups in total. The quantitative estimate of drug-likeness (QED) is 0.472. The monoisotopic (exact) mass is 442 g/mol. The lowest BCUT2D eigenvalue weighted by atomic mass is 9.97. The molecular formula is C24H19FN6S. The summed E-state index contributed by atoms with van der Waals surface area (Å²) < 4.78 is 15.4. The molecule has 4 aromatic rings. The van der Waals surface area contributed by atoms with Gasteiger partial charge in [-0.3, -0.25) is 4.98 Å². The van der Waals surface area contributed by atoms with E-state index in [1.807, 2.05) is 53.3 Å². The highest BCUT2D eigenvalue weighted by Crippen LogP contribution is 2.38. The van der Waals surface area contributed by atoms with Crippen molar-refractivity contribution in [1.29, 1.82) is 0 Å². The molecule has 0 saturated heterocycles. The Hall–Kier alpha value is -3.91. The van der Waals surface area contributed by atoms with Crippen LogP contribution in [0.3, 0.4) is 0 Å². The van der Waals surface area contributed by atoms with Crippen LogP contribution in [0.1, 0.15) is 23.6 Å². The van der Waals surface area contributed by atoms with Crippen molar-refractivity contribution in [3.63, 3.8) is 0 Å². The van der Waals surface area contributed by atoms with Crippen molar-refractivity contribution in [2.24, 2.45) is 10.8 Å². The number of hydrogen-bond acceptors (Lipinski definition) is 4. The molecule has 32 heavy (non-hydrogen) atoms. The SMILES string of the molecule is NC(=S)N1N=C(c2cccnc2)CC1c1cn(-c2ccccc2)nc1-c1ccc(F)cc1. The first-order valence-corrected chi connectivity index (χ1v) is 10.5. The first-order chi connectivity index (χ1) is 15.6. The molecule has 0 spiro atoms. The Morgan fingerprint density at radius 2 is 1.78 bits per heavy atom. The average Bonchev–Trinajstić information content (AvgIpc) is 3.46. The van der Waals surface area contributed by atoms with Crippen molar-refractivity contribution < 1.29 is 4.39 Å². The van der Waals surface area contributed by atoms with Gasteiger partial charge in [-0.1, -0.05) is 24.3 Å². The molecule has 3 heterocycles. The molecule has 0 bridgehead atoms. The third kappa shape index (κ3) is 3.76. The van der Waals surface area contributed by atoms with Gasteiger partial charge in [0.25, 0.3) is 0 Å². The van der Waals surface area contributed by atoms with Crippen molar-refractivity contribution in [3.8, 4) is 16.9 Å². The molecule has 1 aliphatic heterocycles. The second-order valence-corrected chi connectivity index (χ2v) is 7.83. The summed E-state index contributed by atoms with van der Waals surface area (Å²) in [5.74, 6) is -0.300. The Bertz CT molecular complexity index is 1290. The molecular weight excluding hydrogens is 423 g/mol. The van der Waals surface area contributed by atoms with Crippen LogP contribution in [0, 0.1) is 5.82 Å². The second kappa shape index (κ2) is 8.32. The van der Waals surface area contributed by atoms with Crippen LogP contribution < -0.4 is 5.73 Å². The summed E-state index contributed by atoms with van der Waals surface area (Å²) in [6, 6.07) is 19.7. The zero-order chi connectivity index (χ0) is 22.1. The Morgan fingerprint density at radius 1 is 1.00 bits per heavy atom. The second-order valence-electron chi connectivity index (χ2n) is 7.41. The lowest BCUT2D eigenvalue weighted by Gasteiger charge is -2.21. The number of pyridine rings is 1. The van der Waals surface area contributed by atoms with Crippen LogP contribution in [0.4, 0.5) is 4.39 Å². The predicted octanol–water partition coefficient (Wildman–Crippen LogP) is 4.47. The fourth-order valence-electron chi connectivity index (χ4n) is 3.84. The highest BCUT2D eigenvalue weighted by Gasteiger charge is 2.34. The van der Waals surface area contributed by atoms with Gasteiger partial charge >= 0.3 is 0 Å². The average molecular weight is 443 g/mol. The number of rotatable bonds is 4. The van der Waals surface area contributed by atoms with E-state index in [0.717, 1.165) is 33.8 Å². The number of halogens is 1. The van der Waals surface area contributed by atoms with Gasteiger partial charge in [0.05, 0.1) is 23.1 Å². The zero-order valence-corrected chi connectivity index (χ0v) is 17.8. The maximum atomic E-state index is 13.6. The molecule has 158 valence electrons. The zero-order valence-electron chi connectivity index (χ0n) is 17.0. The molecule has 0 aliphatic carbocycles. The van der Waals surface area contributed by atoms with Gasteiger partial charge in [0.15, 0.2) is 5.11 Å².